The lowest BCUT2D eigenvalue weighted by Gasteiger charge is -2.27. The molecule has 52 heavy (non-hydrogen) atoms. The molecule has 6 N–H and O–H groups in total. The molecule has 0 saturated carbocycles. The first-order chi connectivity index (χ1) is 26.4. The zero-order chi connectivity index (χ0) is 41.0. The summed E-state index contributed by atoms with van der Waals surface area (Å²) in [4.78, 5) is 58.2. The summed E-state index contributed by atoms with van der Waals surface area (Å²) in [7, 11) is 0. The number of nitrogens with zero attached hydrogens (tertiary/aromatic N) is 2. The van der Waals surface area contributed by atoms with Gasteiger partial charge in [-0.1, -0.05) is 13.8 Å². The number of nitrogens with two attached hydrogens (primary N) is 2. The van der Waals surface area contributed by atoms with E-state index in [1.165, 1.54) is 30.0 Å². The molecule has 7 atom stereocenters. The molecule has 2 aliphatic heterocycles. The average Bonchev–Trinajstić information content (AvgIpc) is 3.83. The summed E-state index contributed by atoms with van der Waals surface area (Å²) in [6, 6.07) is 1.07. The third-order valence-electron chi connectivity index (χ3n) is 9.78. The van der Waals surface area contributed by atoms with Gasteiger partial charge < -0.3 is 40.7 Å². The SMILES string of the molecule is [2H]c1cc(F)cc2c1c(CC1CC(OC(C)=O)CN1C(=O)C(N)CC)c(-c1[nH]c3cc(F)ccc3c1CC1([2H])C([2H])C(OC(C)=O)CN1C(=O)C(N)CC)n2[2H]. The molecule has 2 aromatic carbocycles. The van der Waals surface area contributed by atoms with Gasteiger partial charge in [0, 0.05) is 61.9 Å². The summed E-state index contributed by atoms with van der Waals surface area (Å²) >= 11 is 0. The minimum Gasteiger partial charge on any atom is -0.461 e. The van der Waals surface area contributed by atoms with Crippen LogP contribution in [0.25, 0.3) is 33.2 Å². The molecule has 0 bridgehead atoms. The molecule has 2 fully saturated rings. The van der Waals surface area contributed by atoms with Gasteiger partial charge in [-0.2, -0.15) is 0 Å². The second kappa shape index (κ2) is 15.0. The van der Waals surface area contributed by atoms with Crippen LogP contribution < -0.4 is 11.5 Å². The number of aromatic amines is 2. The van der Waals surface area contributed by atoms with Crippen molar-refractivity contribution in [1.29, 1.82) is 0 Å². The Morgan fingerprint density at radius 2 is 1.50 bits per heavy atom. The lowest BCUT2D eigenvalue weighted by Crippen LogP contribution is -2.46. The number of carbonyl (C=O) groups is 4. The van der Waals surface area contributed by atoms with Gasteiger partial charge in [0.2, 0.25) is 11.8 Å². The van der Waals surface area contributed by atoms with Crippen molar-refractivity contribution in [1.82, 2.24) is 19.8 Å². The van der Waals surface area contributed by atoms with Crippen LogP contribution in [-0.4, -0.2) is 93.0 Å². The van der Waals surface area contributed by atoms with E-state index in [0.717, 1.165) is 28.9 Å². The van der Waals surface area contributed by atoms with Crippen molar-refractivity contribution < 1.29 is 43.0 Å². The molecule has 0 aliphatic carbocycles. The number of hydrogen-bond acceptors (Lipinski definition) is 8. The van der Waals surface area contributed by atoms with E-state index in [1.807, 2.05) is 0 Å². The van der Waals surface area contributed by atoms with Gasteiger partial charge in [0.15, 0.2) is 1.41 Å². The van der Waals surface area contributed by atoms with Gasteiger partial charge in [-0.25, -0.2) is 8.78 Å². The first-order valence-electron chi connectivity index (χ1n) is 19.4. The van der Waals surface area contributed by atoms with Gasteiger partial charge in [0.05, 0.1) is 39.3 Å². The molecule has 2 aromatic heterocycles. The van der Waals surface area contributed by atoms with E-state index in [0.29, 0.717) is 17.4 Å². The molecular weight excluding hydrogens is 674 g/mol. The first-order valence-corrected chi connectivity index (χ1v) is 17.4. The number of H-pyrrole nitrogens is 2. The van der Waals surface area contributed by atoms with E-state index >= 15 is 0 Å². The summed E-state index contributed by atoms with van der Waals surface area (Å²) in [6.45, 7) is 5.64. The number of ether oxygens (including phenoxy) is 2. The third kappa shape index (κ3) is 7.40. The molecular formula is C38H46F2N6O6. The monoisotopic (exact) mass is 724 g/mol. The van der Waals surface area contributed by atoms with Crippen LogP contribution in [0, 0.1) is 11.6 Å². The molecule has 14 heteroatoms. The maximum Gasteiger partial charge on any atom is 0.302 e. The maximum atomic E-state index is 15.0. The van der Waals surface area contributed by atoms with Crippen LogP contribution in [0.5, 0.6) is 0 Å². The van der Waals surface area contributed by atoms with Crippen molar-refractivity contribution in [2.45, 2.75) is 103 Å². The van der Waals surface area contributed by atoms with Crippen molar-refractivity contribution in [3.05, 3.63) is 59.1 Å². The number of likely N-dealkylation sites (tertiary alicyclic amines) is 2. The number of carbonyl (C=O) groups excluding carboxylic acids is 4. The van der Waals surface area contributed by atoms with Crippen molar-refractivity contribution in [3.63, 3.8) is 0 Å². The summed E-state index contributed by atoms with van der Waals surface area (Å²) < 4.78 is 78.0. The van der Waals surface area contributed by atoms with Crippen LogP contribution in [-0.2, 0) is 41.5 Å². The number of rotatable bonds is 11. The number of aromatic nitrogens is 2. The van der Waals surface area contributed by atoms with Crippen molar-refractivity contribution in [3.8, 4) is 11.4 Å². The van der Waals surface area contributed by atoms with Crippen molar-refractivity contribution >= 4 is 45.6 Å². The lowest BCUT2D eigenvalue weighted by atomic mass is 9.94. The molecule has 4 heterocycles. The minimum absolute atomic E-state index is 0.00826. The van der Waals surface area contributed by atoms with Gasteiger partial charge in [-0.3, -0.25) is 19.2 Å². The van der Waals surface area contributed by atoms with Crippen LogP contribution >= 0.6 is 0 Å². The predicted molar refractivity (Wildman–Crippen MR) is 191 cm³/mol. The fourth-order valence-electron chi connectivity index (χ4n) is 7.28. The van der Waals surface area contributed by atoms with Crippen LogP contribution in [0.4, 0.5) is 8.78 Å². The summed E-state index contributed by atoms with van der Waals surface area (Å²) in [5, 5.41) is 0.578. The Hall–Kier alpha value is -4.82. The van der Waals surface area contributed by atoms with Crippen molar-refractivity contribution in [2.75, 3.05) is 13.1 Å². The van der Waals surface area contributed by atoms with Crippen LogP contribution in [0.3, 0.4) is 0 Å². The fourth-order valence-corrected chi connectivity index (χ4v) is 7.28. The number of hydrogen-bond donors (Lipinski definition) is 4. The van der Waals surface area contributed by atoms with Gasteiger partial charge in [-0.05, 0) is 73.2 Å². The molecule has 0 radical (unpaired) electrons. The first kappa shape index (κ1) is 31.9. The van der Waals surface area contributed by atoms with Gasteiger partial charge in [0.1, 0.15) is 23.8 Å². The Morgan fingerprint density at radius 1 is 0.904 bits per heavy atom. The standard InChI is InChI=1S/C38H46F2N6O6/c1-5-31(41)37(49)45-17-25(51-19(3)47)13-23(45)15-29-27-9-7-21(39)11-33(27)43-35(29)36-30(28-10-8-22(40)12-34(28)44-36)16-24-14-26(52-20(4)48)18-46(24)38(50)32(42)6-2/h7-12,23-26,31-32,43-44H,5-6,13-18,41-42H2,1-4H3/i9D,14D,24D/hD. The number of nitrogens with one attached hydrogen (secondary N) is 2. The average molecular weight is 725 g/mol. The molecule has 2 amide bonds. The second-order valence-corrected chi connectivity index (χ2v) is 13.5. The van der Waals surface area contributed by atoms with Gasteiger partial charge in [0.25, 0.3) is 0 Å². The highest BCUT2D eigenvalue weighted by Crippen LogP contribution is 2.40. The van der Waals surface area contributed by atoms with Crippen LogP contribution in [0.15, 0.2) is 36.4 Å². The zero-order valence-corrected chi connectivity index (χ0v) is 29.5. The largest absolute Gasteiger partial charge is 0.461 e. The Labute approximate surface area is 305 Å². The van der Waals surface area contributed by atoms with E-state index in [4.69, 9.17) is 23.7 Å². The van der Waals surface area contributed by atoms with Gasteiger partial charge in [-0.15, -0.1) is 0 Å². The predicted octanol–water partition coefficient (Wildman–Crippen LogP) is 4.22. The zero-order valence-electron chi connectivity index (χ0n) is 33.5. The number of halogens is 2. The Balaban J connectivity index is 1.58. The highest BCUT2D eigenvalue weighted by atomic mass is 19.1. The molecule has 12 nitrogen and oxygen atoms in total. The molecule has 7 unspecified atom stereocenters. The highest BCUT2D eigenvalue weighted by molar-refractivity contribution is 5.96. The van der Waals surface area contributed by atoms with E-state index in [9.17, 15) is 30.7 Å². The van der Waals surface area contributed by atoms with E-state index in [1.54, 1.807) is 13.8 Å². The van der Waals surface area contributed by atoms with E-state index < -0.39 is 78.1 Å². The molecule has 2 saturated heterocycles. The third-order valence-corrected chi connectivity index (χ3v) is 9.78. The number of fused-ring (bicyclic) bond motifs is 2. The minimum atomic E-state index is -2.10. The lowest BCUT2D eigenvalue weighted by molar-refractivity contribution is -0.147. The Bertz CT molecular complexity index is 2220. The number of esters is 2. The summed E-state index contributed by atoms with van der Waals surface area (Å²) in [5.74, 6) is -3.66. The fraction of sp³-hybridized carbons (Fsp3) is 0.474. The van der Waals surface area contributed by atoms with Crippen molar-refractivity contribution in [2.24, 2.45) is 11.5 Å². The number of amides is 2. The summed E-state index contributed by atoms with van der Waals surface area (Å²) in [5.41, 5.74) is 13.5. The Kier molecular flexibility index (Phi) is 9.22. The smallest absolute Gasteiger partial charge is 0.302 e. The van der Waals surface area contributed by atoms with E-state index in [2.05, 4.69) is 4.98 Å². The topological polar surface area (TPSA) is 177 Å². The van der Waals surface area contributed by atoms with Crippen LogP contribution in [0.1, 0.15) is 68.6 Å². The second-order valence-electron chi connectivity index (χ2n) is 13.5. The van der Waals surface area contributed by atoms with E-state index in [-0.39, 0.29) is 78.2 Å². The van der Waals surface area contributed by atoms with Crippen LogP contribution in [0.2, 0.25) is 1.41 Å². The number of benzene rings is 2. The quantitative estimate of drug-likeness (QED) is 0.166. The Morgan fingerprint density at radius 3 is 2.17 bits per heavy atom. The molecule has 4 aromatic rings. The molecule has 278 valence electrons. The molecule has 6 rings (SSSR count). The summed E-state index contributed by atoms with van der Waals surface area (Å²) in [6.07, 6.45) is -3.02. The molecule has 2 aliphatic rings. The highest BCUT2D eigenvalue weighted by Gasteiger charge is 2.41. The normalized spacial score (nSPS) is 25.5. The molecule has 0 spiro atoms. The maximum absolute atomic E-state index is 15.0. The van der Waals surface area contributed by atoms with Gasteiger partial charge >= 0.3 is 11.9 Å².